The number of hydroxylamine groups is 1. The Bertz CT molecular complexity index is 602. The minimum atomic E-state index is -2.79. The average Bonchev–Trinajstić information content (AvgIpc) is 3.00. The van der Waals surface area contributed by atoms with Gasteiger partial charge in [0.25, 0.3) is 0 Å². The molecule has 7 heteroatoms. The number of unbranched alkanes of at least 4 members (excludes halogenated alkanes) is 19. The van der Waals surface area contributed by atoms with Gasteiger partial charge in [0, 0.05) is 38.0 Å². The van der Waals surface area contributed by atoms with Crippen molar-refractivity contribution < 1.29 is 18.2 Å². The second-order valence-electron chi connectivity index (χ2n) is 13.1. The standard InChI is InChI=1S/C36H73NO4SSi/c1-4-7-10-12-14-16-18-20-22-24-27-35-29-31-40-43(41-37-34-35,33-26-32-42-36(38)28-9-6-3)39-30-25-23-21-19-17-15-13-11-8-5-2/h35,37H,4-34H2,1-3H3. The van der Waals surface area contributed by atoms with Gasteiger partial charge >= 0.3 is 8.80 Å². The van der Waals surface area contributed by atoms with Gasteiger partial charge in [0.15, 0.2) is 5.12 Å². The fourth-order valence-electron chi connectivity index (χ4n) is 5.90. The van der Waals surface area contributed by atoms with Crippen LogP contribution >= 0.6 is 11.8 Å². The van der Waals surface area contributed by atoms with Crippen LogP contribution in [-0.4, -0.2) is 39.4 Å². The highest BCUT2D eigenvalue weighted by molar-refractivity contribution is 8.13. The Hall–Kier alpha value is 0.0769. The number of rotatable bonds is 30. The molecule has 0 aromatic carbocycles. The third-order valence-corrected chi connectivity index (χ3v) is 12.6. The Labute approximate surface area is 273 Å². The molecule has 1 aliphatic heterocycles. The lowest BCUT2D eigenvalue weighted by molar-refractivity contribution is -0.111. The molecule has 5 nitrogen and oxygen atoms in total. The molecule has 1 N–H and O–H groups in total. The summed E-state index contributed by atoms with van der Waals surface area (Å²) in [5.41, 5.74) is 3.32. The van der Waals surface area contributed by atoms with Crippen molar-refractivity contribution >= 4 is 25.7 Å². The molecule has 0 aliphatic carbocycles. The van der Waals surface area contributed by atoms with E-state index in [-0.39, 0.29) is 0 Å². The van der Waals surface area contributed by atoms with Crippen LogP contribution in [0.3, 0.4) is 0 Å². The van der Waals surface area contributed by atoms with E-state index in [2.05, 4.69) is 26.3 Å². The molecule has 0 radical (unpaired) electrons. The smallest absolute Gasteiger partial charge is 0.373 e. The van der Waals surface area contributed by atoms with E-state index < -0.39 is 8.80 Å². The molecular formula is C36H73NO4SSi. The maximum absolute atomic E-state index is 12.1. The first-order chi connectivity index (χ1) is 21.2. The Balaban J connectivity index is 2.33. The molecule has 0 bridgehead atoms. The van der Waals surface area contributed by atoms with Gasteiger partial charge in [-0.15, -0.1) is 0 Å². The third-order valence-electron chi connectivity index (χ3n) is 8.86. The zero-order valence-corrected chi connectivity index (χ0v) is 30.9. The van der Waals surface area contributed by atoms with Crippen molar-refractivity contribution in [2.24, 2.45) is 5.92 Å². The first-order valence-corrected chi connectivity index (χ1v) is 21.9. The minimum Gasteiger partial charge on any atom is -0.373 e. The Morgan fingerprint density at radius 1 is 0.721 bits per heavy atom. The number of hydrogen-bond donors (Lipinski definition) is 1. The summed E-state index contributed by atoms with van der Waals surface area (Å²) in [6.07, 6.45) is 33.0. The van der Waals surface area contributed by atoms with Gasteiger partial charge in [-0.1, -0.05) is 161 Å². The summed E-state index contributed by atoms with van der Waals surface area (Å²) in [6.45, 7) is 9.05. The molecule has 2 atom stereocenters. The highest BCUT2D eigenvalue weighted by Crippen LogP contribution is 2.25. The van der Waals surface area contributed by atoms with Crippen LogP contribution in [0.25, 0.3) is 0 Å². The lowest BCUT2D eigenvalue weighted by Crippen LogP contribution is -2.52. The van der Waals surface area contributed by atoms with Gasteiger partial charge in [0.1, 0.15) is 0 Å². The van der Waals surface area contributed by atoms with E-state index in [0.29, 0.717) is 17.5 Å². The highest BCUT2D eigenvalue weighted by Gasteiger charge is 2.42. The maximum atomic E-state index is 12.1. The summed E-state index contributed by atoms with van der Waals surface area (Å²) in [7, 11) is -2.79. The van der Waals surface area contributed by atoms with Gasteiger partial charge in [-0.25, -0.2) is 5.48 Å². The van der Waals surface area contributed by atoms with Crippen molar-refractivity contribution in [3.63, 3.8) is 0 Å². The van der Waals surface area contributed by atoms with E-state index in [1.807, 2.05) is 0 Å². The van der Waals surface area contributed by atoms with Gasteiger partial charge in [-0.2, -0.15) is 0 Å². The van der Waals surface area contributed by atoms with E-state index in [4.69, 9.17) is 13.4 Å². The molecule has 1 rings (SSSR count). The quantitative estimate of drug-likeness (QED) is 0.0621. The number of thioether (sulfide) groups is 1. The van der Waals surface area contributed by atoms with Crippen molar-refractivity contribution in [3.8, 4) is 0 Å². The van der Waals surface area contributed by atoms with Gasteiger partial charge in [-0.3, -0.25) is 9.32 Å². The Morgan fingerprint density at radius 2 is 1.26 bits per heavy atom. The normalized spacial score (nSPS) is 19.4. The van der Waals surface area contributed by atoms with Gasteiger partial charge in [0.2, 0.25) is 0 Å². The van der Waals surface area contributed by atoms with Crippen molar-refractivity contribution in [3.05, 3.63) is 0 Å². The molecule has 1 aliphatic rings. The van der Waals surface area contributed by atoms with Crippen LogP contribution < -0.4 is 5.48 Å². The summed E-state index contributed by atoms with van der Waals surface area (Å²) in [5.74, 6) is 1.43. The molecule has 1 saturated heterocycles. The predicted molar refractivity (Wildman–Crippen MR) is 190 cm³/mol. The lowest BCUT2D eigenvalue weighted by Gasteiger charge is -2.33. The molecule has 0 spiro atoms. The van der Waals surface area contributed by atoms with Crippen molar-refractivity contribution in [1.29, 1.82) is 0 Å². The van der Waals surface area contributed by atoms with Crippen molar-refractivity contribution in [1.82, 2.24) is 5.48 Å². The van der Waals surface area contributed by atoms with Crippen molar-refractivity contribution in [2.45, 2.75) is 194 Å². The molecule has 0 saturated carbocycles. The largest absolute Gasteiger partial charge is 0.517 e. The summed E-state index contributed by atoms with van der Waals surface area (Å²) < 4.78 is 19.3. The lowest BCUT2D eigenvalue weighted by atomic mass is 9.97. The molecule has 1 fully saturated rings. The van der Waals surface area contributed by atoms with Crippen LogP contribution in [-0.2, 0) is 18.2 Å². The first kappa shape index (κ1) is 41.1. The zero-order chi connectivity index (χ0) is 31.1. The monoisotopic (exact) mass is 644 g/mol. The Morgan fingerprint density at radius 3 is 1.84 bits per heavy atom. The zero-order valence-electron chi connectivity index (χ0n) is 29.0. The van der Waals surface area contributed by atoms with E-state index >= 15 is 0 Å². The average molecular weight is 644 g/mol. The van der Waals surface area contributed by atoms with Crippen molar-refractivity contribution in [2.75, 3.05) is 25.5 Å². The fourth-order valence-corrected chi connectivity index (χ4v) is 9.35. The number of nitrogens with one attached hydrogen (secondary N) is 1. The second kappa shape index (κ2) is 30.7. The predicted octanol–water partition coefficient (Wildman–Crippen LogP) is 11.6. The minimum absolute atomic E-state index is 0.316. The van der Waals surface area contributed by atoms with E-state index in [1.165, 1.54) is 140 Å². The summed E-state index contributed by atoms with van der Waals surface area (Å²) in [4.78, 5) is 12.1. The van der Waals surface area contributed by atoms with E-state index in [9.17, 15) is 4.79 Å². The van der Waals surface area contributed by atoms with Gasteiger partial charge in [0.05, 0.1) is 0 Å². The van der Waals surface area contributed by atoms with Crippen LogP contribution in [0.4, 0.5) is 0 Å². The third kappa shape index (κ3) is 24.9. The SMILES string of the molecule is CCCCCCCCCCCCO[Si]1(CCCSC(=O)CCCC)OCCC(CCCCCCCCCCCC)CNO1. The molecule has 0 amide bonds. The molecule has 2 unspecified atom stereocenters. The summed E-state index contributed by atoms with van der Waals surface area (Å²) in [5, 5.41) is 0.316. The van der Waals surface area contributed by atoms with Gasteiger partial charge in [-0.05, 0) is 38.0 Å². The maximum Gasteiger partial charge on any atom is 0.517 e. The van der Waals surface area contributed by atoms with Crippen LogP contribution in [0.5, 0.6) is 0 Å². The number of carbonyl (C=O) groups excluding carboxylic acids is 1. The highest BCUT2D eigenvalue weighted by atomic mass is 32.2. The Kier molecular flexibility index (Phi) is 29.4. The molecule has 43 heavy (non-hydrogen) atoms. The van der Waals surface area contributed by atoms with E-state index in [1.54, 1.807) is 0 Å². The molecule has 0 aromatic heterocycles. The summed E-state index contributed by atoms with van der Waals surface area (Å²) in [6, 6.07) is 0.787. The topological polar surface area (TPSA) is 56.8 Å². The van der Waals surface area contributed by atoms with Crippen LogP contribution in [0.2, 0.25) is 6.04 Å². The van der Waals surface area contributed by atoms with Crippen LogP contribution in [0.15, 0.2) is 0 Å². The van der Waals surface area contributed by atoms with Crippen LogP contribution in [0.1, 0.15) is 188 Å². The number of hydrogen-bond acceptors (Lipinski definition) is 6. The summed E-state index contributed by atoms with van der Waals surface area (Å²) >= 11 is 1.48. The molecule has 0 aromatic rings. The second-order valence-corrected chi connectivity index (χ2v) is 16.9. The molecular weight excluding hydrogens is 571 g/mol. The number of carbonyl (C=O) groups is 1. The van der Waals surface area contributed by atoms with Crippen LogP contribution in [0, 0.1) is 5.92 Å². The fraction of sp³-hybridized carbons (Fsp3) is 0.972. The van der Waals surface area contributed by atoms with Gasteiger partial charge < -0.3 is 8.85 Å². The molecule has 1 heterocycles. The van der Waals surface area contributed by atoms with E-state index in [0.717, 1.165) is 63.7 Å². The molecule has 256 valence electrons. The first-order valence-electron chi connectivity index (χ1n) is 19.0.